The lowest BCUT2D eigenvalue weighted by Crippen LogP contribution is -2.43. The molecule has 1 amide bonds. The molecule has 0 aliphatic heterocycles. The molecule has 0 fully saturated rings. The van der Waals surface area contributed by atoms with Gasteiger partial charge in [-0.15, -0.1) is 0 Å². The lowest BCUT2D eigenvalue weighted by Gasteiger charge is -2.25. The number of carbonyl (C=O) groups is 2. The van der Waals surface area contributed by atoms with E-state index >= 15 is 0 Å². The first-order chi connectivity index (χ1) is 16.3. The third-order valence-corrected chi connectivity index (χ3v) is 5.42. The van der Waals surface area contributed by atoms with Crippen molar-refractivity contribution in [2.24, 2.45) is 0 Å². The maximum absolute atomic E-state index is 13.2. The van der Waals surface area contributed by atoms with Gasteiger partial charge in [0.25, 0.3) is 5.56 Å². The number of benzene rings is 2. The molecule has 3 aromatic rings. The molecule has 9 nitrogen and oxygen atoms in total. The van der Waals surface area contributed by atoms with E-state index in [1.54, 1.807) is 24.3 Å². The Morgan fingerprint density at radius 2 is 1.82 bits per heavy atom. The van der Waals surface area contributed by atoms with Crippen LogP contribution in [-0.4, -0.2) is 34.3 Å². The summed E-state index contributed by atoms with van der Waals surface area (Å²) in [6, 6.07) is 16.0. The topological polar surface area (TPSA) is 130 Å². The molecule has 0 bridgehead atoms. The SMILES string of the molecule is CCCCN(C(=O)CNc1cccc(C(C)=O)c1)c1c(N)n(Cc2ccccc2)c(=O)[nH]c1=O. The Bertz CT molecular complexity index is 1280. The quantitative estimate of drug-likeness (QED) is 0.396. The van der Waals surface area contributed by atoms with Crippen LogP contribution in [0.15, 0.2) is 64.2 Å². The second-order valence-electron chi connectivity index (χ2n) is 7.95. The van der Waals surface area contributed by atoms with Crippen LogP contribution in [0.5, 0.6) is 0 Å². The zero-order valence-corrected chi connectivity index (χ0v) is 19.3. The van der Waals surface area contributed by atoms with Gasteiger partial charge in [-0.05, 0) is 31.0 Å². The first kappa shape index (κ1) is 24.5. The minimum atomic E-state index is -0.713. The highest BCUT2D eigenvalue weighted by atomic mass is 16.2. The van der Waals surface area contributed by atoms with E-state index < -0.39 is 11.2 Å². The van der Waals surface area contributed by atoms with Crippen LogP contribution in [0.2, 0.25) is 0 Å². The van der Waals surface area contributed by atoms with Crippen molar-refractivity contribution in [3.8, 4) is 0 Å². The maximum atomic E-state index is 13.2. The number of rotatable bonds is 10. The molecule has 2 aromatic carbocycles. The zero-order valence-electron chi connectivity index (χ0n) is 19.3. The number of nitrogens with two attached hydrogens (primary N) is 1. The molecule has 0 spiro atoms. The molecule has 178 valence electrons. The summed E-state index contributed by atoms with van der Waals surface area (Å²) in [5, 5.41) is 3.01. The third-order valence-electron chi connectivity index (χ3n) is 5.42. The van der Waals surface area contributed by atoms with E-state index in [0.717, 1.165) is 12.0 Å². The van der Waals surface area contributed by atoms with E-state index in [1.807, 2.05) is 37.3 Å². The average Bonchev–Trinajstić information content (AvgIpc) is 2.83. The molecule has 4 N–H and O–H groups in total. The predicted octanol–water partition coefficient (Wildman–Crippen LogP) is 2.61. The zero-order chi connectivity index (χ0) is 24.7. The summed E-state index contributed by atoms with van der Waals surface area (Å²) in [5.74, 6) is -0.538. The molecule has 0 aliphatic carbocycles. The highest BCUT2D eigenvalue weighted by Gasteiger charge is 2.24. The van der Waals surface area contributed by atoms with Gasteiger partial charge in [-0.3, -0.25) is 23.9 Å². The Hall–Kier alpha value is -4.14. The van der Waals surface area contributed by atoms with Crippen molar-refractivity contribution in [2.45, 2.75) is 33.2 Å². The molecule has 0 saturated carbocycles. The van der Waals surface area contributed by atoms with Gasteiger partial charge in [0, 0.05) is 17.8 Å². The fourth-order valence-electron chi connectivity index (χ4n) is 3.56. The lowest BCUT2D eigenvalue weighted by molar-refractivity contribution is -0.117. The van der Waals surface area contributed by atoms with E-state index in [0.29, 0.717) is 17.7 Å². The van der Waals surface area contributed by atoms with Crippen LogP contribution in [0, 0.1) is 0 Å². The number of aromatic amines is 1. The van der Waals surface area contributed by atoms with Gasteiger partial charge in [-0.25, -0.2) is 4.79 Å². The van der Waals surface area contributed by atoms with E-state index in [2.05, 4.69) is 10.3 Å². The van der Waals surface area contributed by atoms with Gasteiger partial charge in [-0.1, -0.05) is 55.8 Å². The van der Waals surface area contributed by atoms with Gasteiger partial charge in [0.15, 0.2) is 11.5 Å². The van der Waals surface area contributed by atoms with E-state index in [1.165, 1.54) is 16.4 Å². The fraction of sp³-hybridized carbons (Fsp3) is 0.280. The molecule has 1 aromatic heterocycles. The van der Waals surface area contributed by atoms with Crippen molar-refractivity contribution in [3.05, 3.63) is 86.6 Å². The molecular formula is C25H29N5O4. The third kappa shape index (κ3) is 5.80. The molecule has 0 unspecified atom stereocenters. The van der Waals surface area contributed by atoms with Crippen molar-refractivity contribution in [1.29, 1.82) is 0 Å². The van der Waals surface area contributed by atoms with E-state index in [4.69, 9.17) is 5.73 Å². The molecule has 0 aliphatic rings. The second kappa shape index (κ2) is 11.1. The van der Waals surface area contributed by atoms with Crippen molar-refractivity contribution in [3.63, 3.8) is 0 Å². The number of H-pyrrole nitrogens is 1. The fourth-order valence-corrected chi connectivity index (χ4v) is 3.56. The van der Waals surface area contributed by atoms with Crippen LogP contribution >= 0.6 is 0 Å². The summed E-state index contributed by atoms with van der Waals surface area (Å²) in [5.41, 5.74) is 6.85. The lowest BCUT2D eigenvalue weighted by atomic mass is 10.1. The molecule has 0 atom stereocenters. The number of Topliss-reactive ketones (excluding diaryl/α,β-unsaturated/α-hetero) is 1. The van der Waals surface area contributed by atoms with Crippen LogP contribution in [0.25, 0.3) is 0 Å². The smallest absolute Gasteiger partial charge is 0.330 e. The monoisotopic (exact) mass is 463 g/mol. The number of hydrogen-bond acceptors (Lipinski definition) is 6. The largest absolute Gasteiger partial charge is 0.383 e. The van der Waals surface area contributed by atoms with Crippen LogP contribution < -0.4 is 27.2 Å². The summed E-state index contributed by atoms with van der Waals surface area (Å²) in [7, 11) is 0. The highest BCUT2D eigenvalue weighted by molar-refractivity contribution is 5.98. The number of amides is 1. The van der Waals surface area contributed by atoms with E-state index in [-0.39, 0.29) is 42.8 Å². The normalized spacial score (nSPS) is 10.6. The number of nitrogens with one attached hydrogen (secondary N) is 2. The molecule has 1 heterocycles. The average molecular weight is 464 g/mol. The minimum absolute atomic E-state index is 0.0479. The second-order valence-corrected chi connectivity index (χ2v) is 7.95. The number of aromatic nitrogens is 2. The minimum Gasteiger partial charge on any atom is -0.383 e. The number of nitrogens with zero attached hydrogens (tertiary/aromatic N) is 2. The standard InChI is InChI=1S/C25H29N5O4/c1-3-4-13-29(21(32)15-27-20-12-8-11-19(14-20)17(2)31)22-23(26)30(25(34)28-24(22)33)16-18-9-6-5-7-10-18/h5-12,14,27H,3-4,13,15-16,26H2,1-2H3,(H,28,33,34). The van der Waals surface area contributed by atoms with Gasteiger partial charge in [0.05, 0.1) is 13.1 Å². The summed E-state index contributed by atoms with van der Waals surface area (Å²) < 4.78 is 1.25. The van der Waals surface area contributed by atoms with Crippen molar-refractivity contribution in [1.82, 2.24) is 9.55 Å². The maximum Gasteiger partial charge on any atom is 0.330 e. The van der Waals surface area contributed by atoms with Crippen LogP contribution in [-0.2, 0) is 11.3 Å². The van der Waals surface area contributed by atoms with Gasteiger partial charge in [0.1, 0.15) is 5.82 Å². The molecule has 0 saturated heterocycles. The molecule has 0 radical (unpaired) electrons. The van der Waals surface area contributed by atoms with Crippen molar-refractivity contribution in [2.75, 3.05) is 29.0 Å². The molecule has 3 rings (SSSR count). The van der Waals surface area contributed by atoms with Crippen molar-refractivity contribution < 1.29 is 9.59 Å². The van der Waals surface area contributed by atoms with Crippen LogP contribution in [0.4, 0.5) is 17.2 Å². The summed E-state index contributed by atoms with van der Waals surface area (Å²) >= 11 is 0. The number of ketones is 1. The van der Waals surface area contributed by atoms with Crippen molar-refractivity contribution >= 4 is 28.9 Å². The predicted molar refractivity (Wildman–Crippen MR) is 133 cm³/mol. The van der Waals surface area contributed by atoms with Gasteiger partial charge >= 0.3 is 5.69 Å². The van der Waals surface area contributed by atoms with Gasteiger partial charge < -0.3 is 16.0 Å². The molecule has 9 heteroatoms. The Balaban J connectivity index is 1.92. The number of nitrogen functional groups attached to an aromatic ring is 1. The summed E-state index contributed by atoms with van der Waals surface area (Å²) in [6.07, 6.45) is 1.43. The Kier molecular flexibility index (Phi) is 8.02. The van der Waals surface area contributed by atoms with Gasteiger partial charge in [0.2, 0.25) is 5.91 Å². The number of unbranched alkanes of at least 4 members (excludes halogenated alkanes) is 1. The highest BCUT2D eigenvalue weighted by Crippen LogP contribution is 2.19. The number of hydrogen-bond donors (Lipinski definition) is 3. The van der Waals surface area contributed by atoms with Crippen LogP contribution in [0.3, 0.4) is 0 Å². The molecule has 34 heavy (non-hydrogen) atoms. The Morgan fingerprint density at radius 1 is 1.09 bits per heavy atom. The number of carbonyl (C=O) groups excluding carboxylic acids is 2. The van der Waals surface area contributed by atoms with E-state index in [9.17, 15) is 19.2 Å². The first-order valence-corrected chi connectivity index (χ1v) is 11.1. The summed E-state index contributed by atoms with van der Waals surface area (Å²) in [4.78, 5) is 53.7. The first-order valence-electron chi connectivity index (χ1n) is 11.1. The summed E-state index contributed by atoms with van der Waals surface area (Å²) in [6.45, 7) is 3.73. The Labute approximate surface area is 197 Å². The Morgan fingerprint density at radius 3 is 2.50 bits per heavy atom. The van der Waals surface area contributed by atoms with Gasteiger partial charge in [-0.2, -0.15) is 0 Å². The number of anilines is 3. The molecular weight excluding hydrogens is 434 g/mol. The van der Waals surface area contributed by atoms with Crippen LogP contribution in [0.1, 0.15) is 42.6 Å².